The SMILES string of the molecule is NC(=O)C(c1nc2ccccc2s1)N1CCC(O)CC1. The van der Waals surface area contributed by atoms with Gasteiger partial charge in [-0.1, -0.05) is 12.1 Å². The van der Waals surface area contributed by atoms with Crippen molar-refractivity contribution in [2.75, 3.05) is 13.1 Å². The summed E-state index contributed by atoms with van der Waals surface area (Å²) in [5.74, 6) is -0.375. The second-order valence-corrected chi connectivity index (χ2v) is 6.15. The molecule has 0 saturated carbocycles. The van der Waals surface area contributed by atoms with E-state index in [1.807, 2.05) is 29.2 Å². The van der Waals surface area contributed by atoms with E-state index in [0.717, 1.165) is 15.2 Å². The van der Waals surface area contributed by atoms with Gasteiger partial charge in [0.1, 0.15) is 11.0 Å². The van der Waals surface area contributed by atoms with E-state index in [-0.39, 0.29) is 12.0 Å². The Balaban J connectivity index is 1.92. The number of carbonyl (C=O) groups excluding carboxylic acids is 1. The molecule has 20 heavy (non-hydrogen) atoms. The highest BCUT2D eigenvalue weighted by molar-refractivity contribution is 7.18. The molecular weight excluding hydrogens is 274 g/mol. The van der Waals surface area contributed by atoms with Crippen LogP contribution in [0.25, 0.3) is 10.2 Å². The summed E-state index contributed by atoms with van der Waals surface area (Å²) in [5, 5.41) is 10.3. The van der Waals surface area contributed by atoms with Crippen molar-refractivity contribution in [2.24, 2.45) is 5.73 Å². The first-order chi connectivity index (χ1) is 9.65. The second kappa shape index (κ2) is 5.47. The fourth-order valence-electron chi connectivity index (χ4n) is 2.61. The van der Waals surface area contributed by atoms with Gasteiger partial charge >= 0.3 is 0 Å². The zero-order chi connectivity index (χ0) is 14.1. The van der Waals surface area contributed by atoms with Gasteiger partial charge < -0.3 is 10.8 Å². The Morgan fingerprint density at radius 1 is 1.40 bits per heavy atom. The molecule has 1 atom stereocenters. The van der Waals surface area contributed by atoms with Gasteiger partial charge in [-0.3, -0.25) is 9.69 Å². The smallest absolute Gasteiger partial charge is 0.241 e. The molecule has 0 aliphatic carbocycles. The van der Waals surface area contributed by atoms with Crippen molar-refractivity contribution in [3.05, 3.63) is 29.3 Å². The number of aliphatic hydroxyl groups excluding tert-OH is 1. The summed E-state index contributed by atoms with van der Waals surface area (Å²) in [6.07, 6.45) is 1.08. The number of nitrogens with two attached hydrogens (primary N) is 1. The van der Waals surface area contributed by atoms with Crippen molar-refractivity contribution in [3.63, 3.8) is 0 Å². The van der Waals surface area contributed by atoms with Gasteiger partial charge in [0.15, 0.2) is 0 Å². The molecule has 6 heteroatoms. The second-order valence-electron chi connectivity index (χ2n) is 5.09. The predicted molar refractivity (Wildman–Crippen MR) is 78.4 cm³/mol. The average Bonchev–Trinajstić information content (AvgIpc) is 2.84. The van der Waals surface area contributed by atoms with Gasteiger partial charge in [0.2, 0.25) is 5.91 Å². The van der Waals surface area contributed by atoms with Gasteiger partial charge in [0.05, 0.1) is 16.3 Å². The van der Waals surface area contributed by atoms with E-state index >= 15 is 0 Å². The van der Waals surface area contributed by atoms with Crippen LogP contribution in [0.2, 0.25) is 0 Å². The number of thiazole rings is 1. The minimum atomic E-state index is -0.486. The minimum absolute atomic E-state index is 0.268. The van der Waals surface area contributed by atoms with Crippen molar-refractivity contribution in [2.45, 2.75) is 25.0 Å². The summed E-state index contributed by atoms with van der Waals surface area (Å²) in [6.45, 7) is 1.34. The molecule has 0 spiro atoms. The predicted octanol–water partition coefficient (Wildman–Crippen LogP) is 1.28. The highest BCUT2D eigenvalue weighted by atomic mass is 32.1. The third kappa shape index (κ3) is 2.54. The number of aliphatic hydroxyl groups is 1. The van der Waals surface area contributed by atoms with Crippen LogP contribution in [0.3, 0.4) is 0 Å². The molecule has 1 unspecified atom stereocenters. The number of aromatic nitrogens is 1. The summed E-state index contributed by atoms with van der Waals surface area (Å²) in [5.41, 5.74) is 6.48. The molecular formula is C14H17N3O2S. The molecule has 1 fully saturated rings. The maximum absolute atomic E-state index is 11.8. The minimum Gasteiger partial charge on any atom is -0.393 e. The molecule has 1 aromatic heterocycles. The summed E-state index contributed by atoms with van der Waals surface area (Å²) in [4.78, 5) is 18.4. The average molecular weight is 291 g/mol. The molecule has 3 rings (SSSR count). The van der Waals surface area contributed by atoms with E-state index in [0.29, 0.717) is 25.9 Å². The molecule has 2 heterocycles. The van der Waals surface area contributed by atoms with Crippen LogP contribution in [0.5, 0.6) is 0 Å². The Kier molecular flexibility index (Phi) is 3.69. The molecule has 2 aromatic rings. The van der Waals surface area contributed by atoms with E-state index in [9.17, 15) is 9.90 Å². The van der Waals surface area contributed by atoms with Gasteiger partial charge in [-0.2, -0.15) is 0 Å². The van der Waals surface area contributed by atoms with E-state index in [1.54, 1.807) is 0 Å². The van der Waals surface area contributed by atoms with Crippen LogP contribution < -0.4 is 5.73 Å². The number of benzene rings is 1. The molecule has 1 aromatic carbocycles. The van der Waals surface area contributed by atoms with Crippen molar-refractivity contribution >= 4 is 27.5 Å². The first-order valence-electron chi connectivity index (χ1n) is 6.72. The van der Waals surface area contributed by atoms with Gasteiger partial charge in [-0.15, -0.1) is 11.3 Å². The summed E-state index contributed by atoms with van der Waals surface area (Å²) >= 11 is 1.51. The largest absolute Gasteiger partial charge is 0.393 e. The molecule has 1 saturated heterocycles. The quantitative estimate of drug-likeness (QED) is 0.893. The first-order valence-corrected chi connectivity index (χ1v) is 7.53. The van der Waals surface area contributed by atoms with Crippen LogP contribution in [0.4, 0.5) is 0 Å². The normalized spacial score (nSPS) is 19.2. The van der Waals surface area contributed by atoms with Crippen molar-refractivity contribution in [3.8, 4) is 0 Å². The van der Waals surface area contributed by atoms with Crippen molar-refractivity contribution in [1.29, 1.82) is 0 Å². The molecule has 1 aliphatic rings. The zero-order valence-electron chi connectivity index (χ0n) is 11.0. The number of rotatable bonds is 3. The lowest BCUT2D eigenvalue weighted by Gasteiger charge is -2.33. The number of hydrogen-bond acceptors (Lipinski definition) is 5. The highest BCUT2D eigenvalue weighted by Gasteiger charge is 2.31. The van der Waals surface area contributed by atoms with Crippen LogP contribution in [0.1, 0.15) is 23.9 Å². The van der Waals surface area contributed by atoms with Gasteiger partial charge in [0, 0.05) is 13.1 Å². The number of nitrogens with zero attached hydrogens (tertiary/aromatic N) is 2. The van der Waals surface area contributed by atoms with E-state index < -0.39 is 6.04 Å². The number of primary amides is 1. The van der Waals surface area contributed by atoms with Crippen LogP contribution in [-0.2, 0) is 4.79 Å². The van der Waals surface area contributed by atoms with E-state index in [1.165, 1.54) is 11.3 Å². The molecule has 1 aliphatic heterocycles. The zero-order valence-corrected chi connectivity index (χ0v) is 11.8. The topological polar surface area (TPSA) is 79.5 Å². The summed E-state index contributed by atoms with van der Waals surface area (Å²) in [6, 6.07) is 7.34. The lowest BCUT2D eigenvalue weighted by atomic mass is 10.1. The number of fused-ring (bicyclic) bond motifs is 1. The fourth-order valence-corrected chi connectivity index (χ4v) is 3.72. The highest BCUT2D eigenvalue weighted by Crippen LogP contribution is 2.31. The van der Waals surface area contributed by atoms with E-state index in [2.05, 4.69) is 4.98 Å². The molecule has 1 amide bonds. The van der Waals surface area contributed by atoms with Gasteiger partial charge in [0.25, 0.3) is 0 Å². The molecule has 0 radical (unpaired) electrons. The Morgan fingerprint density at radius 3 is 2.75 bits per heavy atom. The number of para-hydroxylation sites is 1. The molecule has 106 valence electrons. The third-order valence-electron chi connectivity index (χ3n) is 3.68. The van der Waals surface area contributed by atoms with Crippen LogP contribution in [0.15, 0.2) is 24.3 Å². The Morgan fingerprint density at radius 2 is 2.10 bits per heavy atom. The third-order valence-corrected chi connectivity index (χ3v) is 4.77. The Labute approximate surface area is 121 Å². The molecule has 0 bridgehead atoms. The van der Waals surface area contributed by atoms with Crippen LogP contribution >= 0.6 is 11.3 Å². The fraction of sp³-hybridized carbons (Fsp3) is 0.429. The van der Waals surface area contributed by atoms with Crippen LogP contribution in [-0.4, -0.2) is 40.1 Å². The van der Waals surface area contributed by atoms with Crippen LogP contribution in [0, 0.1) is 0 Å². The molecule has 5 nitrogen and oxygen atoms in total. The van der Waals surface area contributed by atoms with Crippen molar-refractivity contribution < 1.29 is 9.90 Å². The Bertz CT molecular complexity index is 587. The van der Waals surface area contributed by atoms with E-state index in [4.69, 9.17) is 5.73 Å². The maximum atomic E-state index is 11.8. The Hall–Kier alpha value is -1.50. The number of likely N-dealkylation sites (tertiary alicyclic amines) is 1. The number of hydrogen-bond donors (Lipinski definition) is 2. The summed E-state index contributed by atoms with van der Waals surface area (Å²) in [7, 11) is 0. The first kappa shape index (κ1) is 13.5. The van der Waals surface area contributed by atoms with Gasteiger partial charge in [-0.25, -0.2) is 4.98 Å². The summed E-state index contributed by atoms with van der Waals surface area (Å²) < 4.78 is 1.06. The molecule has 3 N–H and O–H groups in total. The monoisotopic (exact) mass is 291 g/mol. The maximum Gasteiger partial charge on any atom is 0.241 e. The number of amides is 1. The van der Waals surface area contributed by atoms with Gasteiger partial charge in [-0.05, 0) is 25.0 Å². The lowest BCUT2D eigenvalue weighted by molar-refractivity contribution is -0.124. The number of carbonyl (C=O) groups is 1. The standard InChI is InChI=1S/C14H17N3O2S/c15-13(19)12(17-7-5-9(18)6-8-17)14-16-10-3-1-2-4-11(10)20-14/h1-4,9,12,18H,5-8H2,(H2,15,19). The number of piperidine rings is 1. The van der Waals surface area contributed by atoms with Crippen molar-refractivity contribution in [1.82, 2.24) is 9.88 Å². The lowest BCUT2D eigenvalue weighted by Crippen LogP contribution is -2.43.